The van der Waals surface area contributed by atoms with E-state index in [0.717, 1.165) is 31.9 Å². The molecule has 3 N–H and O–H groups in total. The molecule has 5 heteroatoms. The van der Waals surface area contributed by atoms with Gasteiger partial charge in [-0.2, -0.15) is 0 Å². The van der Waals surface area contributed by atoms with E-state index in [4.69, 9.17) is 5.73 Å². The zero-order chi connectivity index (χ0) is 17.5. The maximum absolute atomic E-state index is 5.99. The average molecular weight is 337 g/mol. The van der Waals surface area contributed by atoms with E-state index in [1.165, 1.54) is 5.69 Å². The highest BCUT2D eigenvalue weighted by Gasteiger charge is 2.20. The summed E-state index contributed by atoms with van der Waals surface area (Å²) in [6.45, 7) is 7.13. The van der Waals surface area contributed by atoms with Crippen LogP contribution in [0.2, 0.25) is 0 Å². The lowest BCUT2D eigenvalue weighted by Gasteiger charge is -2.38. The minimum atomic E-state index is 0.383. The van der Waals surface area contributed by atoms with Gasteiger partial charge >= 0.3 is 0 Å². The first-order chi connectivity index (χ1) is 12.2. The summed E-state index contributed by atoms with van der Waals surface area (Å²) in [5.74, 6) is 0.473. The maximum atomic E-state index is 5.99. The Balaban J connectivity index is 1.46. The van der Waals surface area contributed by atoms with Gasteiger partial charge in [0.15, 0.2) is 5.96 Å². The van der Waals surface area contributed by atoms with Gasteiger partial charge < -0.3 is 16.0 Å². The second-order valence-corrected chi connectivity index (χ2v) is 6.42. The van der Waals surface area contributed by atoms with Crippen molar-refractivity contribution in [2.24, 2.45) is 10.7 Å². The van der Waals surface area contributed by atoms with Crippen LogP contribution < -0.4 is 16.0 Å². The summed E-state index contributed by atoms with van der Waals surface area (Å²) >= 11 is 0. The number of nitrogens with zero attached hydrogens (tertiary/aromatic N) is 3. The number of nitrogens with one attached hydrogen (secondary N) is 1. The Hall–Kier alpha value is -2.53. The number of nitrogens with two attached hydrogens (primary N) is 1. The monoisotopic (exact) mass is 337 g/mol. The van der Waals surface area contributed by atoms with Gasteiger partial charge in [0.1, 0.15) is 0 Å². The SMILES string of the molecule is CC(CN=C(N)Nc1ccccc1)N1CCN(c2ccccc2)CC1. The van der Waals surface area contributed by atoms with Gasteiger partial charge in [0, 0.05) is 43.6 Å². The standard InChI is InChI=1S/C20H27N5/c1-17(16-22-20(21)23-18-8-4-2-5-9-18)24-12-14-25(15-13-24)19-10-6-3-7-11-19/h2-11,17H,12-16H2,1H3,(H3,21,22,23). The molecule has 2 aromatic carbocycles. The van der Waals surface area contributed by atoms with Crippen molar-refractivity contribution in [1.82, 2.24) is 4.90 Å². The van der Waals surface area contributed by atoms with Crippen LogP contribution in [0.3, 0.4) is 0 Å². The molecule has 25 heavy (non-hydrogen) atoms. The first-order valence-electron chi connectivity index (χ1n) is 8.88. The third kappa shape index (κ3) is 4.97. The van der Waals surface area contributed by atoms with Gasteiger partial charge in [0.25, 0.3) is 0 Å². The molecular formula is C20H27N5. The van der Waals surface area contributed by atoms with E-state index >= 15 is 0 Å². The van der Waals surface area contributed by atoms with E-state index in [9.17, 15) is 0 Å². The molecule has 0 aliphatic carbocycles. The molecule has 1 saturated heterocycles. The normalized spacial score (nSPS) is 17.3. The highest BCUT2D eigenvalue weighted by atomic mass is 15.3. The van der Waals surface area contributed by atoms with Crippen molar-refractivity contribution < 1.29 is 0 Å². The molecule has 1 heterocycles. The Morgan fingerprint density at radius 2 is 1.60 bits per heavy atom. The van der Waals surface area contributed by atoms with E-state index in [2.05, 4.69) is 57.4 Å². The summed E-state index contributed by atoms with van der Waals surface area (Å²) in [6, 6.07) is 20.9. The third-order valence-electron chi connectivity index (χ3n) is 4.63. The van der Waals surface area contributed by atoms with Gasteiger partial charge in [0.05, 0.1) is 6.54 Å². The van der Waals surface area contributed by atoms with E-state index in [-0.39, 0.29) is 0 Å². The predicted octanol–water partition coefficient (Wildman–Crippen LogP) is 2.62. The predicted molar refractivity (Wildman–Crippen MR) is 106 cm³/mol. The second kappa shape index (κ2) is 8.53. The minimum Gasteiger partial charge on any atom is -0.370 e. The van der Waals surface area contributed by atoms with Gasteiger partial charge in [-0.3, -0.25) is 9.89 Å². The Morgan fingerprint density at radius 1 is 1.00 bits per heavy atom. The van der Waals surface area contributed by atoms with Crippen molar-refractivity contribution in [3.05, 3.63) is 60.7 Å². The topological polar surface area (TPSA) is 56.9 Å². The van der Waals surface area contributed by atoms with Crippen LogP contribution in [-0.2, 0) is 0 Å². The summed E-state index contributed by atoms with van der Waals surface area (Å²) in [4.78, 5) is 9.43. The number of guanidine groups is 1. The Kier molecular flexibility index (Phi) is 5.90. The van der Waals surface area contributed by atoms with Gasteiger partial charge in [-0.1, -0.05) is 36.4 Å². The lowest BCUT2D eigenvalue weighted by atomic mass is 10.2. The third-order valence-corrected chi connectivity index (χ3v) is 4.63. The molecule has 132 valence electrons. The summed E-state index contributed by atoms with van der Waals surface area (Å²) in [5, 5.41) is 3.13. The largest absolute Gasteiger partial charge is 0.370 e. The molecule has 3 rings (SSSR count). The lowest BCUT2D eigenvalue weighted by molar-refractivity contribution is 0.201. The molecule has 0 saturated carbocycles. The van der Waals surface area contributed by atoms with Crippen LogP contribution in [0.4, 0.5) is 11.4 Å². The number of anilines is 2. The van der Waals surface area contributed by atoms with E-state index in [1.807, 2.05) is 30.3 Å². The molecule has 0 radical (unpaired) electrons. The van der Waals surface area contributed by atoms with E-state index < -0.39 is 0 Å². The number of piperazine rings is 1. The van der Waals surface area contributed by atoms with Crippen molar-refractivity contribution in [2.75, 3.05) is 42.9 Å². The van der Waals surface area contributed by atoms with Crippen LogP contribution in [0.25, 0.3) is 0 Å². The number of benzene rings is 2. The van der Waals surface area contributed by atoms with Crippen LogP contribution in [0.15, 0.2) is 65.7 Å². The Labute approximate surface area is 150 Å². The fourth-order valence-electron chi connectivity index (χ4n) is 3.11. The molecule has 2 aromatic rings. The van der Waals surface area contributed by atoms with Crippen molar-refractivity contribution in [3.8, 4) is 0 Å². The Morgan fingerprint density at radius 3 is 2.24 bits per heavy atom. The smallest absolute Gasteiger partial charge is 0.193 e. The molecule has 1 unspecified atom stereocenters. The molecule has 0 amide bonds. The van der Waals surface area contributed by atoms with Crippen molar-refractivity contribution >= 4 is 17.3 Å². The van der Waals surface area contributed by atoms with Crippen molar-refractivity contribution in [3.63, 3.8) is 0 Å². The van der Waals surface area contributed by atoms with Gasteiger partial charge in [-0.25, -0.2) is 0 Å². The minimum absolute atomic E-state index is 0.383. The quantitative estimate of drug-likeness (QED) is 0.650. The molecular weight excluding hydrogens is 310 g/mol. The summed E-state index contributed by atoms with van der Waals surface area (Å²) in [5.41, 5.74) is 8.27. The first-order valence-corrected chi connectivity index (χ1v) is 8.88. The molecule has 0 spiro atoms. The fourth-order valence-corrected chi connectivity index (χ4v) is 3.11. The lowest BCUT2D eigenvalue weighted by Crippen LogP contribution is -2.50. The van der Waals surface area contributed by atoms with E-state index in [1.54, 1.807) is 0 Å². The van der Waals surface area contributed by atoms with Crippen LogP contribution in [0.5, 0.6) is 0 Å². The molecule has 1 aliphatic rings. The maximum Gasteiger partial charge on any atom is 0.193 e. The van der Waals surface area contributed by atoms with Crippen LogP contribution >= 0.6 is 0 Å². The van der Waals surface area contributed by atoms with Crippen molar-refractivity contribution in [2.45, 2.75) is 13.0 Å². The summed E-state index contributed by atoms with van der Waals surface area (Å²) in [6.07, 6.45) is 0. The van der Waals surface area contributed by atoms with E-state index in [0.29, 0.717) is 18.5 Å². The molecule has 5 nitrogen and oxygen atoms in total. The van der Waals surface area contributed by atoms with Gasteiger partial charge in [-0.05, 0) is 31.2 Å². The molecule has 1 aliphatic heterocycles. The van der Waals surface area contributed by atoms with Gasteiger partial charge in [0.2, 0.25) is 0 Å². The van der Waals surface area contributed by atoms with Crippen LogP contribution in [0.1, 0.15) is 6.92 Å². The summed E-state index contributed by atoms with van der Waals surface area (Å²) in [7, 11) is 0. The molecule has 0 aromatic heterocycles. The molecule has 0 bridgehead atoms. The highest BCUT2D eigenvalue weighted by Crippen LogP contribution is 2.16. The van der Waals surface area contributed by atoms with Gasteiger partial charge in [-0.15, -0.1) is 0 Å². The Bertz CT molecular complexity index is 663. The van der Waals surface area contributed by atoms with Crippen LogP contribution in [0, 0.1) is 0 Å². The molecule has 1 fully saturated rings. The summed E-state index contributed by atoms with van der Waals surface area (Å²) < 4.78 is 0. The zero-order valence-electron chi connectivity index (χ0n) is 14.8. The zero-order valence-corrected chi connectivity index (χ0v) is 14.8. The molecule has 1 atom stereocenters. The number of para-hydroxylation sites is 2. The number of rotatable bonds is 5. The number of hydrogen-bond acceptors (Lipinski definition) is 3. The fraction of sp³-hybridized carbons (Fsp3) is 0.350. The van der Waals surface area contributed by atoms with Crippen LogP contribution in [-0.4, -0.2) is 49.6 Å². The number of aliphatic imine (C=N–C) groups is 1. The second-order valence-electron chi connectivity index (χ2n) is 6.42. The number of hydrogen-bond donors (Lipinski definition) is 2. The average Bonchev–Trinajstić information content (AvgIpc) is 2.68. The first kappa shape index (κ1) is 17.3. The highest BCUT2D eigenvalue weighted by molar-refractivity contribution is 5.92. The van der Waals surface area contributed by atoms with Crippen molar-refractivity contribution in [1.29, 1.82) is 0 Å².